The molecule has 0 aliphatic carbocycles. The van der Waals surface area contributed by atoms with E-state index in [0.29, 0.717) is 5.73 Å². The fourth-order valence-electron chi connectivity index (χ4n) is 1.85. The summed E-state index contributed by atoms with van der Waals surface area (Å²) < 4.78 is 5.94. The normalized spacial score (nSPS) is 13.9. The van der Waals surface area contributed by atoms with E-state index >= 15 is 0 Å². The van der Waals surface area contributed by atoms with Gasteiger partial charge in [-0.1, -0.05) is 43.9 Å². The van der Waals surface area contributed by atoms with E-state index in [0.717, 1.165) is 6.61 Å². The van der Waals surface area contributed by atoms with Gasteiger partial charge in [-0.05, 0) is 25.0 Å². The summed E-state index contributed by atoms with van der Waals surface area (Å²) in [5.74, 6) is 0. The third-order valence-electron chi connectivity index (χ3n) is 2.59. The van der Waals surface area contributed by atoms with Gasteiger partial charge in [-0.2, -0.15) is 0 Å². The van der Waals surface area contributed by atoms with Crippen LogP contribution >= 0.6 is 0 Å². The number of rotatable bonds is 4. The van der Waals surface area contributed by atoms with Crippen LogP contribution < -0.4 is 0 Å². The minimum Gasteiger partial charge on any atom is -0.377 e. The second-order valence-corrected chi connectivity index (χ2v) is 10.3. The Labute approximate surface area is 94.5 Å². The second-order valence-electron chi connectivity index (χ2n) is 5.06. The van der Waals surface area contributed by atoms with Crippen molar-refractivity contribution in [3.8, 4) is 0 Å². The molecule has 2 heteroatoms. The number of benzene rings is 1. The molecule has 0 aromatic heterocycles. The molecule has 1 atom stereocenters. The van der Waals surface area contributed by atoms with Gasteiger partial charge in [-0.3, -0.25) is 0 Å². The van der Waals surface area contributed by atoms with Gasteiger partial charge in [0.05, 0.1) is 13.8 Å². The fraction of sp³-hybridized carbons (Fsp3) is 0.538. The fourth-order valence-corrected chi connectivity index (χ4v) is 3.78. The highest BCUT2D eigenvalue weighted by molar-refractivity contribution is 6.77. The second kappa shape index (κ2) is 4.95. The van der Waals surface area contributed by atoms with Crippen molar-refractivity contribution >= 4 is 8.07 Å². The molecule has 0 amide bonds. The smallest absolute Gasteiger partial charge is 0.0842 e. The molecule has 1 nitrogen and oxygen atoms in total. The first-order chi connectivity index (χ1) is 6.96. The van der Waals surface area contributed by atoms with Crippen LogP contribution in [0.4, 0.5) is 0 Å². The number of aryl methyl sites for hydroxylation is 1. The molecule has 84 valence electrons. The minimum absolute atomic E-state index is 0.323. The first-order valence-electron chi connectivity index (χ1n) is 5.64. The van der Waals surface area contributed by atoms with E-state index in [-0.39, 0.29) is 0 Å². The molecule has 1 unspecified atom stereocenters. The van der Waals surface area contributed by atoms with Crippen molar-refractivity contribution in [2.75, 3.05) is 6.61 Å². The highest BCUT2D eigenvalue weighted by Gasteiger charge is 2.29. The van der Waals surface area contributed by atoms with Crippen molar-refractivity contribution in [3.63, 3.8) is 0 Å². The average Bonchev–Trinajstić information content (AvgIpc) is 2.14. The van der Waals surface area contributed by atoms with E-state index < -0.39 is 8.07 Å². The lowest BCUT2D eigenvalue weighted by atomic mass is 10.1. The van der Waals surface area contributed by atoms with E-state index in [1.807, 2.05) is 0 Å². The summed E-state index contributed by atoms with van der Waals surface area (Å²) in [6.45, 7) is 12.1. The largest absolute Gasteiger partial charge is 0.377 e. The molecule has 0 fully saturated rings. The highest BCUT2D eigenvalue weighted by Crippen LogP contribution is 2.30. The van der Waals surface area contributed by atoms with Crippen molar-refractivity contribution in [2.24, 2.45) is 0 Å². The van der Waals surface area contributed by atoms with E-state index in [4.69, 9.17) is 4.74 Å². The predicted octanol–water partition coefficient (Wildman–Crippen LogP) is 3.95. The molecule has 0 heterocycles. The summed E-state index contributed by atoms with van der Waals surface area (Å²) >= 11 is 0. The standard InChI is InChI=1S/C13H22OSi/c1-6-14-13(15(3,4)5)12-10-8-7-9-11(12)2/h7-10,13H,6H2,1-5H3. The molecule has 0 aliphatic rings. The molecule has 0 bridgehead atoms. The first kappa shape index (κ1) is 12.5. The molecule has 0 saturated carbocycles. The zero-order chi connectivity index (χ0) is 11.5. The SMILES string of the molecule is CCOC(c1ccccc1C)[Si](C)(C)C. The van der Waals surface area contributed by atoms with Crippen LogP contribution in [0.5, 0.6) is 0 Å². The molecular formula is C13H22OSi. The Morgan fingerprint density at radius 1 is 1.20 bits per heavy atom. The summed E-state index contributed by atoms with van der Waals surface area (Å²) in [7, 11) is -1.30. The van der Waals surface area contributed by atoms with Crippen molar-refractivity contribution in [1.82, 2.24) is 0 Å². The Balaban J connectivity index is 3.05. The van der Waals surface area contributed by atoms with E-state index in [9.17, 15) is 0 Å². The zero-order valence-electron chi connectivity index (χ0n) is 10.5. The molecule has 1 aromatic rings. The number of ether oxygens (including phenoxy) is 1. The van der Waals surface area contributed by atoms with Crippen molar-refractivity contribution in [3.05, 3.63) is 35.4 Å². The van der Waals surface area contributed by atoms with Gasteiger partial charge in [-0.15, -0.1) is 0 Å². The molecule has 0 saturated heterocycles. The van der Waals surface area contributed by atoms with Crippen LogP contribution in [0.25, 0.3) is 0 Å². The van der Waals surface area contributed by atoms with Gasteiger partial charge in [0, 0.05) is 6.61 Å². The van der Waals surface area contributed by atoms with Gasteiger partial charge in [0.2, 0.25) is 0 Å². The predicted molar refractivity (Wildman–Crippen MR) is 68.9 cm³/mol. The number of hydrogen-bond donors (Lipinski definition) is 0. The quantitative estimate of drug-likeness (QED) is 0.701. The number of hydrogen-bond acceptors (Lipinski definition) is 1. The summed E-state index contributed by atoms with van der Waals surface area (Å²) in [5.41, 5.74) is 3.04. The molecule has 1 aromatic carbocycles. The van der Waals surface area contributed by atoms with E-state index in [1.54, 1.807) is 0 Å². The van der Waals surface area contributed by atoms with Crippen LogP contribution in [0.2, 0.25) is 19.6 Å². The maximum absolute atomic E-state index is 5.94. The van der Waals surface area contributed by atoms with Crippen molar-refractivity contribution in [1.29, 1.82) is 0 Å². The topological polar surface area (TPSA) is 9.23 Å². The van der Waals surface area contributed by atoms with Crippen LogP contribution in [-0.2, 0) is 4.74 Å². The van der Waals surface area contributed by atoms with Gasteiger partial charge in [0.25, 0.3) is 0 Å². The van der Waals surface area contributed by atoms with Gasteiger partial charge in [-0.25, -0.2) is 0 Å². The Hall–Kier alpha value is -0.603. The van der Waals surface area contributed by atoms with E-state index in [2.05, 4.69) is 57.8 Å². The Kier molecular flexibility index (Phi) is 4.11. The minimum atomic E-state index is -1.30. The summed E-state index contributed by atoms with van der Waals surface area (Å²) in [5, 5.41) is 0. The average molecular weight is 222 g/mol. The third-order valence-corrected chi connectivity index (χ3v) is 4.64. The molecule has 1 rings (SSSR count). The molecule has 0 spiro atoms. The molecule has 0 radical (unpaired) electrons. The first-order valence-corrected chi connectivity index (χ1v) is 9.21. The Morgan fingerprint density at radius 2 is 1.80 bits per heavy atom. The Bertz CT molecular complexity index is 315. The molecule has 0 N–H and O–H groups in total. The van der Waals surface area contributed by atoms with Crippen molar-refractivity contribution in [2.45, 2.75) is 39.2 Å². The van der Waals surface area contributed by atoms with Crippen LogP contribution in [0.3, 0.4) is 0 Å². The summed E-state index contributed by atoms with van der Waals surface area (Å²) in [6, 6.07) is 8.57. The lowest BCUT2D eigenvalue weighted by molar-refractivity contribution is 0.112. The van der Waals surface area contributed by atoms with Crippen LogP contribution in [0.1, 0.15) is 23.8 Å². The zero-order valence-corrected chi connectivity index (χ0v) is 11.5. The highest BCUT2D eigenvalue weighted by atomic mass is 28.3. The maximum Gasteiger partial charge on any atom is 0.0842 e. The summed E-state index contributed by atoms with van der Waals surface area (Å²) in [4.78, 5) is 0. The van der Waals surface area contributed by atoms with Gasteiger partial charge >= 0.3 is 0 Å². The Morgan fingerprint density at radius 3 is 2.27 bits per heavy atom. The molecule has 15 heavy (non-hydrogen) atoms. The van der Waals surface area contributed by atoms with Crippen LogP contribution in [0.15, 0.2) is 24.3 Å². The maximum atomic E-state index is 5.94. The van der Waals surface area contributed by atoms with Gasteiger partial charge < -0.3 is 4.74 Å². The lowest BCUT2D eigenvalue weighted by Crippen LogP contribution is -2.33. The van der Waals surface area contributed by atoms with Gasteiger partial charge in [0.1, 0.15) is 0 Å². The monoisotopic (exact) mass is 222 g/mol. The molecule has 0 aliphatic heterocycles. The van der Waals surface area contributed by atoms with E-state index in [1.165, 1.54) is 11.1 Å². The third kappa shape index (κ3) is 3.18. The van der Waals surface area contributed by atoms with Crippen molar-refractivity contribution < 1.29 is 4.74 Å². The van der Waals surface area contributed by atoms with Gasteiger partial charge in [0.15, 0.2) is 0 Å². The van der Waals surface area contributed by atoms with Crippen LogP contribution in [-0.4, -0.2) is 14.7 Å². The molecular weight excluding hydrogens is 200 g/mol. The summed E-state index contributed by atoms with van der Waals surface area (Å²) in [6.07, 6.45) is 0. The van der Waals surface area contributed by atoms with Crippen LogP contribution in [0, 0.1) is 6.92 Å². The lowest BCUT2D eigenvalue weighted by Gasteiger charge is -2.30.